The average Bonchev–Trinajstić information content (AvgIpc) is 3.34. The average molecular weight is 485 g/mol. The van der Waals surface area contributed by atoms with Gasteiger partial charge in [0.15, 0.2) is 0 Å². The molecule has 1 unspecified atom stereocenters. The first-order chi connectivity index (χ1) is 16.5. The van der Waals surface area contributed by atoms with Crippen molar-refractivity contribution in [1.29, 1.82) is 0 Å². The van der Waals surface area contributed by atoms with Crippen molar-refractivity contribution in [3.63, 3.8) is 0 Å². The number of fused-ring (bicyclic) bond motifs is 2. The molecule has 0 N–H and O–H groups in total. The van der Waals surface area contributed by atoms with Gasteiger partial charge in [0.2, 0.25) is 0 Å². The van der Waals surface area contributed by atoms with Crippen molar-refractivity contribution in [2.75, 3.05) is 23.9 Å². The summed E-state index contributed by atoms with van der Waals surface area (Å²) < 4.78 is 0. The third kappa shape index (κ3) is 3.44. The number of benzene rings is 2. The van der Waals surface area contributed by atoms with E-state index in [4.69, 9.17) is 11.6 Å². The Labute approximate surface area is 216 Å². The van der Waals surface area contributed by atoms with E-state index < -0.39 is 0 Å². The molecule has 35 heavy (non-hydrogen) atoms. The van der Waals surface area contributed by atoms with Crippen molar-refractivity contribution in [3.8, 4) is 0 Å². The molecule has 0 spiro atoms. The van der Waals surface area contributed by atoms with E-state index in [2.05, 4.69) is 131 Å². The van der Waals surface area contributed by atoms with Crippen LogP contribution in [0.1, 0.15) is 58.6 Å². The lowest BCUT2D eigenvalue weighted by Crippen LogP contribution is -2.50. The maximum Gasteiger partial charge on any atom is 0.0648 e. The summed E-state index contributed by atoms with van der Waals surface area (Å²) in [5.74, 6) is 0. The maximum absolute atomic E-state index is 6.96. The quantitative estimate of drug-likeness (QED) is 0.432. The van der Waals surface area contributed by atoms with E-state index in [0.29, 0.717) is 0 Å². The van der Waals surface area contributed by atoms with Gasteiger partial charge < -0.3 is 9.80 Å². The standard InChI is InChI=1S/C32H37ClN2/c1-30(2)24-12-8-10-14-26(24)34(6)28(30)19-18-22-16-17-23(29(22)33)20-21-32(5)31(3,4)25-13-9-11-15-27(25)35(32)7/h8-15,18-21H,16-17H2,1-7H3/b21-20+,22-18?,28-19-. The molecule has 5 rings (SSSR count). The fraction of sp³-hybridized carbons (Fsp3) is 0.375. The van der Waals surface area contributed by atoms with Crippen molar-refractivity contribution < 1.29 is 0 Å². The number of rotatable bonds is 3. The van der Waals surface area contributed by atoms with E-state index in [0.717, 1.165) is 17.9 Å². The number of para-hydroxylation sites is 2. The highest BCUT2D eigenvalue weighted by atomic mass is 35.5. The predicted octanol–water partition coefficient (Wildman–Crippen LogP) is 8.25. The van der Waals surface area contributed by atoms with Crippen LogP contribution in [0.25, 0.3) is 0 Å². The van der Waals surface area contributed by atoms with Crippen molar-refractivity contribution >= 4 is 23.0 Å². The van der Waals surface area contributed by atoms with Gasteiger partial charge in [-0.25, -0.2) is 0 Å². The molecular formula is C32H37ClN2. The van der Waals surface area contributed by atoms with E-state index in [9.17, 15) is 0 Å². The Kier molecular flexibility index (Phi) is 5.60. The monoisotopic (exact) mass is 484 g/mol. The molecule has 2 heterocycles. The normalized spacial score (nSPS) is 27.0. The zero-order valence-corrected chi connectivity index (χ0v) is 22.9. The van der Waals surface area contributed by atoms with Gasteiger partial charge in [-0.1, -0.05) is 93.9 Å². The molecular weight excluding hydrogens is 448 g/mol. The maximum atomic E-state index is 6.96. The van der Waals surface area contributed by atoms with Gasteiger partial charge in [0, 0.05) is 47.0 Å². The molecule has 1 aliphatic carbocycles. The zero-order valence-electron chi connectivity index (χ0n) is 22.1. The van der Waals surface area contributed by atoms with Gasteiger partial charge in [0.1, 0.15) is 0 Å². The molecule has 0 amide bonds. The van der Waals surface area contributed by atoms with Gasteiger partial charge >= 0.3 is 0 Å². The number of allylic oxidation sites excluding steroid dienone is 7. The first-order valence-electron chi connectivity index (χ1n) is 12.7. The molecule has 0 aromatic heterocycles. The Hall–Kier alpha value is -2.71. The van der Waals surface area contributed by atoms with Gasteiger partial charge in [-0.15, -0.1) is 0 Å². The van der Waals surface area contributed by atoms with Crippen LogP contribution in [-0.2, 0) is 10.8 Å². The summed E-state index contributed by atoms with van der Waals surface area (Å²) in [4.78, 5) is 4.73. The fourth-order valence-electron chi connectivity index (χ4n) is 6.31. The number of hydrogen-bond donors (Lipinski definition) is 0. The molecule has 0 saturated carbocycles. The van der Waals surface area contributed by atoms with Crippen molar-refractivity contribution in [2.24, 2.45) is 0 Å². The number of nitrogens with zero attached hydrogens (tertiary/aromatic N) is 2. The second kappa shape index (κ2) is 8.17. The van der Waals surface area contributed by atoms with E-state index in [-0.39, 0.29) is 16.4 Å². The fourth-order valence-corrected chi connectivity index (χ4v) is 6.62. The lowest BCUT2D eigenvalue weighted by Gasteiger charge is -2.41. The molecule has 0 radical (unpaired) electrons. The minimum Gasteiger partial charge on any atom is -0.365 e. The van der Waals surface area contributed by atoms with Crippen LogP contribution < -0.4 is 9.80 Å². The number of hydrogen-bond acceptors (Lipinski definition) is 2. The van der Waals surface area contributed by atoms with Gasteiger partial charge in [0.05, 0.1) is 5.54 Å². The molecule has 2 aliphatic heterocycles. The molecule has 2 aromatic carbocycles. The van der Waals surface area contributed by atoms with Crippen LogP contribution in [0.5, 0.6) is 0 Å². The lowest BCUT2D eigenvalue weighted by atomic mass is 9.71. The lowest BCUT2D eigenvalue weighted by molar-refractivity contribution is 0.361. The van der Waals surface area contributed by atoms with Crippen LogP contribution in [0.4, 0.5) is 11.4 Å². The summed E-state index contributed by atoms with van der Waals surface area (Å²) in [5.41, 5.74) is 8.99. The van der Waals surface area contributed by atoms with Crippen molar-refractivity contribution in [2.45, 2.75) is 63.8 Å². The van der Waals surface area contributed by atoms with Crippen LogP contribution in [0.15, 0.2) is 94.7 Å². The molecule has 3 heteroatoms. The molecule has 2 nitrogen and oxygen atoms in total. The Morgan fingerprint density at radius 2 is 1.43 bits per heavy atom. The Morgan fingerprint density at radius 1 is 0.800 bits per heavy atom. The summed E-state index contributed by atoms with van der Waals surface area (Å²) in [6.07, 6.45) is 11.1. The van der Waals surface area contributed by atoms with Crippen LogP contribution >= 0.6 is 11.6 Å². The molecule has 0 bridgehead atoms. The zero-order chi connectivity index (χ0) is 25.2. The Bertz CT molecular complexity index is 1310. The minimum absolute atomic E-state index is 0.00276. The van der Waals surface area contributed by atoms with E-state index in [1.165, 1.54) is 39.3 Å². The molecule has 0 saturated heterocycles. The van der Waals surface area contributed by atoms with Gasteiger partial charge in [-0.2, -0.15) is 0 Å². The SMILES string of the molecule is CN1/C(=C\C=C2CCC(/C=C/C3(C)N(C)c4ccccc4C3(C)C)=C2Cl)C(C)(C)c2ccccc21. The molecule has 182 valence electrons. The van der Waals surface area contributed by atoms with E-state index >= 15 is 0 Å². The first kappa shape index (κ1) is 24.0. The third-order valence-electron chi connectivity index (χ3n) is 9.12. The first-order valence-corrected chi connectivity index (χ1v) is 13.0. The highest BCUT2D eigenvalue weighted by molar-refractivity contribution is 6.33. The summed E-state index contributed by atoms with van der Waals surface area (Å²) in [7, 11) is 4.37. The molecule has 2 aromatic rings. The third-order valence-corrected chi connectivity index (χ3v) is 9.61. The van der Waals surface area contributed by atoms with E-state index in [1.54, 1.807) is 0 Å². The summed E-state index contributed by atoms with van der Waals surface area (Å²) in [5, 5.41) is 0.911. The van der Waals surface area contributed by atoms with Crippen LogP contribution in [0, 0.1) is 0 Å². The summed E-state index contributed by atoms with van der Waals surface area (Å²) in [6, 6.07) is 17.5. The summed E-state index contributed by atoms with van der Waals surface area (Å²) >= 11 is 6.96. The smallest absolute Gasteiger partial charge is 0.0648 e. The van der Waals surface area contributed by atoms with Crippen LogP contribution in [-0.4, -0.2) is 19.6 Å². The van der Waals surface area contributed by atoms with Gasteiger partial charge in [-0.3, -0.25) is 0 Å². The van der Waals surface area contributed by atoms with Crippen molar-refractivity contribution in [3.05, 3.63) is 106 Å². The second-order valence-corrected chi connectivity index (χ2v) is 11.8. The predicted molar refractivity (Wildman–Crippen MR) is 152 cm³/mol. The van der Waals surface area contributed by atoms with Gasteiger partial charge in [0.25, 0.3) is 0 Å². The van der Waals surface area contributed by atoms with E-state index in [1.807, 2.05) is 0 Å². The number of likely N-dealkylation sites (N-methyl/N-ethyl adjacent to an activating group) is 2. The highest BCUT2D eigenvalue weighted by Gasteiger charge is 2.50. The Balaban J connectivity index is 1.43. The Morgan fingerprint density at radius 3 is 2.09 bits per heavy atom. The summed E-state index contributed by atoms with van der Waals surface area (Å²) in [6.45, 7) is 11.6. The molecule has 3 aliphatic rings. The topological polar surface area (TPSA) is 6.48 Å². The van der Waals surface area contributed by atoms with Gasteiger partial charge in [-0.05, 0) is 60.2 Å². The second-order valence-electron chi connectivity index (χ2n) is 11.5. The van der Waals surface area contributed by atoms with Crippen LogP contribution in [0.2, 0.25) is 0 Å². The molecule has 0 fully saturated rings. The highest BCUT2D eigenvalue weighted by Crippen LogP contribution is 2.52. The minimum atomic E-state index is -0.127. The molecule has 1 atom stereocenters. The number of anilines is 2. The van der Waals surface area contributed by atoms with Crippen LogP contribution in [0.3, 0.4) is 0 Å². The van der Waals surface area contributed by atoms with Crippen molar-refractivity contribution in [1.82, 2.24) is 0 Å². The number of halogens is 1. The largest absolute Gasteiger partial charge is 0.365 e.